The number of carbonyl (C=O) groups excluding carboxylic acids is 1. The quantitative estimate of drug-likeness (QED) is 0.766. The molecule has 8 heteroatoms. The summed E-state index contributed by atoms with van der Waals surface area (Å²) in [6, 6.07) is 4.99. The first-order valence-corrected chi connectivity index (χ1v) is 7.55. The van der Waals surface area contributed by atoms with Gasteiger partial charge in [0.1, 0.15) is 0 Å². The SMILES string of the molecule is CC(C)(C)c1nc(CCNC(=O)c2cc(-c3ccco3)on2)no1. The lowest BCUT2D eigenvalue weighted by molar-refractivity contribution is 0.0945. The Balaban J connectivity index is 1.53. The molecule has 3 aromatic rings. The fraction of sp³-hybridized carbons (Fsp3) is 0.375. The highest BCUT2D eigenvalue weighted by molar-refractivity contribution is 5.92. The summed E-state index contributed by atoms with van der Waals surface area (Å²) in [5.74, 6) is 1.71. The van der Waals surface area contributed by atoms with E-state index in [1.54, 1.807) is 12.1 Å². The summed E-state index contributed by atoms with van der Waals surface area (Å²) in [5.41, 5.74) is -0.0119. The van der Waals surface area contributed by atoms with Gasteiger partial charge in [0.25, 0.3) is 5.91 Å². The van der Waals surface area contributed by atoms with Crippen molar-refractivity contribution in [3.8, 4) is 11.5 Å². The number of aromatic nitrogens is 3. The maximum Gasteiger partial charge on any atom is 0.273 e. The maximum absolute atomic E-state index is 12.1. The van der Waals surface area contributed by atoms with Crippen LogP contribution in [0.3, 0.4) is 0 Å². The van der Waals surface area contributed by atoms with Crippen LogP contribution in [0.15, 0.2) is 37.9 Å². The van der Waals surface area contributed by atoms with E-state index in [4.69, 9.17) is 13.5 Å². The van der Waals surface area contributed by atoms with E-state index >= 15 is 0 Å². The van der Waals surface area contributed by atoms with E-state index in [0.717, 1.165) is 0 Å². The number of rotatable bonds is 5. The smallest absolute Gasteiger partial charge is 0.273 e. The van der Waals surface area contributed by atoms with Gasteiger partial charge in [-0.3, -0.25) is 4.79 Å². The van der Waals surface area contributed by atoms with Crippen molar-refractivity contribution < 1.29 is 18.3 Å². The molecular formula is C16H18N4O4. The minimum absolute atomic E-state index is 0.185. The molecule has 24 heavy (non-hydrogen) atoms. The molecular weight excluding hydrogens is 312 g/mol. The summed E-state index contributed by atoms with van der Waals surface area (Å²) >= 11 is 0. The van der Waals surface area contributed by atoms with E-state index in [9.17, 15) is 4.79 Å². The van der Waals surface area contributed by atoms with Crippen LogP contribution in [0.5, 0.6) is 0 Å². The first-order chi connectivity index (χ1) is 11.4. The molecule has 0 saturated carbocycles. The predicted octanol–water partition coefficient (Wildman–Crippen LogP) is 2.59. The number of amides is 1. The predicted molar refractivity (Wildman–Crippen MR) is 83.2 cm³/mol. The van der Waals surface area contributed by atoms with Crippen LogP contribution in [0.4, 0.5) is 0 Å². The van der Waals surface area contributed by atoms with Gasteiger partial charge in [-0.25, -0.2) is 0 Å². The molecule has 1 amide bonds. The molecule has 3 heterocycles. The summed E-state index contributed by atoms with van der Waals surface area (Å²) in [4.78, 5) is 16.4. The zero-order chi connectivity index (χ0) is 17.2. The number of hydrogen-bond donors (Lipinski definition) is 1. The average molecular weight is 330 g/mol. The van der Waals surface area contributed by atoms with Crippen molar-refractivity contribution in [3.05, 3.63) is 41.9 Å². The van der Waals surface area contributed by atoms with Crippen molar-refractivity contribution in [1.29, 1.82) is 0 Å². The second-order valence-electron chi connectivity index (χ2n) is 6.33. The number of nitrogens with one attached hydrogen (secondary N) is 1. The van der Waals surface area contributed by atoms with E-state index in [1.165, 1.54) is 12.3 Å². The van der Waals surface area contributed by atoms with Crippen LogP contribution >= 0.6 is 0 Å². The third-order valence-electron chi connectivity index (χ3n) is 3.25. The first kappa shape index (κ1) is 16.0. The highest BCUT2D eigenvalue weighted by Gasteiger charge is 2.21. The van der Waals surface area contributed by atoms with Gasteiger partial charge in [0.15, 0.2) is 17.3 Å². The maximum atomic E-state index is 12.1. The van der Waals surface area contributed by atoms with Gasteiger partial charge in [-0.2, -0.15) is 4.98 Å². The Morgan fingerprint density at radius 1 is 1.21 bits per heavy atom. The van der Waals surface area contributed by atoms with Gasteiger partial charge in [-0.1, -0.05) is 31.1 Å². The van der Waals surface area contributed by atoms with Gasteiger partial charge in [0.05, 0.1) is 6.26 Å². The largest absolute Gasteiger partial charge is 0.461 e. The Labute approximate surface area is 138 Å². The molecule has 3 aromatic heterocycles. The molecule has 0 unspecified atom stereocenters. The monoisotopic (exact) mass is 330 g/mol. The number of nitrogens with zero attached hydrogens (tertiary/aromatic N) is 3. The van der Waals surface area contributed by atoms with Crippen molar-refractivity contribution in [3.63, 3.8) is 0 Å². The van der Waals surface area contributed by atoms with Crippen molar-refractivity contribution in [1.82, 2.24) is 20.6 Å². The van der Waals surface area contributed by atoms with Crippen LogP contribution in [0, 0.1) is 0 Å². The molecule has 0 atom stereocenters. The molecule has 8 nitrogen and oxygen atoms in total. The Hall–Kier alpha value is -2.90. The van der Waals surface area contributed by atoms with Gasteiger partial charge in [0.2, 0.25) is 11.7 Å². The van der Waals surface area contributed by atoms with Crippen LogP contribution in [-0.2, 0) is 11.8 Å². The molecule has 0 spiro atoms. The minimum atomic E-state index is -0.337. The fourth-order valence-electron chi connectivity index (χ4n) is 1.96. The van der Waals surface area contributed by atoms with Crippen LogP contribution in [0.25, 0.3) is 11.5 Å². The normalized spacial score (nSPS) is 11.6. The summed E-state index contributed by atoms with van der Waals surface area (Å²) < 4.78 is 15.5. The molecule has 0 aliphatic carbocycles. The van der Waals surface area contributed by atoms with E-state index in [1.807, 2.05) is 20.8 Å². The van der Waals surface area contributed by atoms with Crippen molar-refractivity contribution in [2.45, 2.75) is 32.6 Å². The van der Waals surface area contributed by atoms with Crippen LogP contribution in [0.1, 0.15) is 43.0 Å². The summed E-state index contributed by atoms with van der Waals surface area (Å²) in [5, 5.41) is 10.4. The second-order valence-corrected chi connectivity index (χ2v) is 6.33. The molecule has 3 rings (SSSR count). The van der Waals surface area contributed by atoms with Crippen molar-refractivity contribution >= 4 is 5.91 Å². The molecule has 0 fully saturated rings. The number of hydrogen-bond acceptors (Lipinski definition) is 7. The summed E-state index contributed by atoms with van der Waals surface area (Å²) in [6.45, 7) is 6.35. The van der Waals surface area contributed by atoms with Crippen molar-refractivity contribution in [2.75, 3.05) is 6.54 Å². The zero-order valence-corrected chi connectivity index (χ0v) is 13.7. The molecule has 0 aliphatic heterocycles. The third kappa shape index (κ3) is 3.53. The molecule has 0 saturated heterocycles. The first-order valence-electron chi connectivity index (χ1n) is 7.55. The van der Waals surface area contributed by atoms with Gasteiger partial charge >= 0.3 is 0 Å². The molecule has 0 aliphatic rings. The van der Waals surface area contributed by atoms with E-state index in [-0.39, 0.29) is 17.0 Å². The third-order valence-corrected chi connectivity index (χ3v) is 3.25. The van der Waals surface area contributed by atoms with Gasteiger partial charge in [-0.15, -0.1) is 0 Å². The standard InChI is InChI=1S/C16H18N4O4/c1-16(2,3)15-18-13(20-24-15)6-7-17-14(21)10-9-12(23-19-10)11-5-4-8-22-11/h4-5,8-9H,6-7H2,1-3H3,(H,17,21). The summed E-state index contributed by atoms with van der Waals surface area (Å²) in [6.07, 6.45) is 1.99. The Morgan fingerprint density at radius 2 is 2.04 bits per heavy atom. The van der Waals surface area contributed by atoms with E-state index in [2.05, 4.69) is 20.6 Å². The van der Waals surface area contributed by atoms with Gasteiger partial charge in [-0.05, 0) is 12.1 Å². The van der Waals surface area contributed by atoms with E-state index in [0.29, 0.717) is 36.2 Å². The lowest BCUT2D eigenvalue weighted by Gasteiger charge is -2.10. The Morgan fingerprint density at radius 3 is 2.71 bits per heavy atom. The van der Waals surface area contributed by atoms with Crippen LogP contribution < -0.4 is 5.32 Å². The minimum Gasteiger partial charge on any atom is -0.461 e. The number of carbonyl (C=O) groups is 1. The average Bonchev–Trinajstić information content (AvgIpc) is 3.26. The molecule has 1 N–H and O–H groups in total. The molecule has 126 valence electrons. The lowest BCUT2D eigenvalue weighted by Crippen LogP contribution is -2.26. The number of furan rings is 1. The molecule has 0 radical (unpaired) electrons. The highest BCUT2D eigenvalue weighted by Crippen LogP contribution is 2.21. The molecule has 0 aromatic carbocycles. The Kier molecular flexibility index (Phi) is 4.20. The van der Waals surface area contributed by atoms with Crippen LogP contribution in [-0.4, -0.2) is 27.7 Å². The van der Waals surface area contributed by atoms with E-state index < -0.39 is 0 Å². The Bertz CT molecular complexity index is 811. The van der Waals surface area contributed by atoms with Crippen molar-refractivity contribution in [2.24, 2.45) is 0 Å². The fourth-order valence-corrected chi connectivity index (χ4v) is 1.96. The molecule has 0 bridgehead atoms. The summed E-state index contributed by atoms with van der Waals surface area (Å²) in [7, 11) is 0. The lowest BCUT2D eigenvalue weighted by atomic mass is 9.97. The van der Waals surface area contributed by atoms with Gasteiger partial charge in [0, 0.05) is 24.4 Å². The van der Waals surface area contributed by atoms with Gasteiger partial charge < -0.3 is 18.8 Å². The zero-order valence-electron chi connectivity index (χ0n) is 13.7. The highest BCUT2D eigenvalue weighted by atomic mass is 16.5. The van der Waals surface area contributed by atoms with Crippen LogP contribution in [0.2, 0.25) is 0 Å². The topological polar surface area (TPSA) is 107 Å². The second kappa shape index (κ2) is 6.31.